The maximum atomic E-state index is 2.33. The van der Waals surface area contributed by atoms with Gasteiger partial charge in [0, 0.05) is 0 Å². The first kappa shape index (κ1) is 15.5. The standard InChI is InChI=1S/2C7H15.Al.H/c2*1-4-5-6-7(2)3;;/h2*7H,1,4-6H2,2-3H3;;/q;;+1;-1. The van der Waals surface area contributed by atoms with Crippen LogP contribution in [0.25, 0.3) is 0 Å². The Kier molecular flexibility index (Phi) is 11.4. The average Bonchev–Trinajstić information content (AvgIpc) is 2.14. The van der Waals surface area contributed by atoms with Crippen molar-refractivity contribution in [3.05, 3.63) is 0 Å². The van der Waals surface area contributed by atoms with Gasteiger partial charge in [0.05, 0.1) is 0 Å². The van der Waals surface area contributed by atoms with E-state index in [1.54, 1.807) is 10.6 Å². The first-order valence-electron chi connectivity index (χ1n) is 6.94. The molecule has 0 spiro atoms. The van der Waals surface area contributed by atoms with Gasteiger partial charge >= 0.3 is 104 Å². The molecule has 0 aromatic rings. The van der Waals surface area contributed by atoms with E-state index in [9.17, 15) is 0 Å². The second-order valence-corrected chi connectivity index (χ2v) is 7.38. The molecule has 0 unspecified atom stereocenters. The molecule has 0 saturated heterocycles. The van der Waals surface area contributed by atoms with E-state index in [2.05, 4.69) is 27.7 Å². The minimum atomic E-state index is 0. The summed E-state index contributed by atoms with van der Waals surface area (Å²) in [6, 6.07) is 0. The molecule has 0 aliphatic rings. The van der Waals surface area contributed by atoms with Crippen LogP contribution in [0.5, 0.6) is 0 Å². The summed E-state index contributed by atoms with van der Waals surface area (Å²) >= 11 is 0.780. The summed E-state index contributed by atoms with van der Waals surface area (Å²) in [5.41, 5.74) is 0. The first-order chi connectivity index (χ1) is 7.13. The molecule has 0 N–H and O–H groups in total. The molecule has 0 nitrogen and oxygen atoms in total. The maximum Gasteiger partial charge on any atom is -1.00 e. The van der Waals surface area contributed by atoms with Gasteiger partial charge in [0.25, 0.3) is 0 Å². The van der Waals surface area contributed by atoms with Crippen LogP contribution in [-0.2, 0) is 0 Å². The Morgan fingerprint density at radius 1 is 0.733 bits per heavy atom. The van der Waals surface area contributed by atoms with Gasteiger partial charge in [-0.2, -0.15) is 0 Å². The molecular weight excluding hydrogens is 195 g/mol. The van der Waals surface area contributed by atoms with Crippen LogP contribution >= 0.6 is 0 Å². The van der Waals surface area contributed by atoms with Gasteiger partial charge in [-0.15, -0.1) is 0 Å². The van der Waals surface area contributed by atoms with Crippen molar-refractivity contribution in [2.75, 3.05) is 0 Å². The van der Waals surface area contributed by atoms with Crippen LogP contribution in [0.3, 0.4) is 0 Å². The van der Waals surface area contributed by atoms with E-state index in [0.717, 1.165) is 27.1 Å². The third-order valence-corrected chi connectivity index (χ3v) is 4.51. The smallest absolute Gasteiger partial charge is 1.00 e. The van der Waals surface area contributed by atoms with Crippen molar-refractivity contribution in [3.8, 4) is 0 Å². The van der Waals surface area contributed by atoms with E-state index in [-0.39, 0.29) is 1.43 Å². The van der Waals surface area contributed by atoms with Crippen molar-refractivity contribution in [1.29, 1.82) is 0 Å². The van der Waals surface area contributed by atoms with Gasteiger partial charge in [-0.1, -0.05) is 0 Å². The molecule has 0 aliphatic carbocycles. The maximum absolute atomic E-state index is 2.33. The Morgan fingerprint density at radius 2 is 1.13 bits per heavy atom. The molecule has 90 valence electrons. The molecule has 0 aromatic carbocycles. The molecule has 0 saturated carbocycles. The largest absolute Gasteiger partial charge is 1.00 e. The quantitative estimate of drug-likeness (QED) is 0.350. The minimum Gasteiger partial charge on any atom is -1.00 e. The predicted molar refractivity (Wildman–Crippen MR) is 73.9 cm³/mol. The van der Waals surface area contributed by atoms with Gasteiger partial charge in [0.15, 0.2) is 0 Å². The van der Waals surface area contributed by atoms with Crippen molar-refractivity contribution >= 4 is 15.2 Å². The van der Waals surface area contributed by atoms with Crippen LogP contribution in [0, 0.1) is 11.8 Å². The molecule has 15 heavy (non-hydrogen) atoms. The average molecular weight is 226 g/mol. The van der Waals surface area contributed by atoms with E-state index in [1.165, 1.54) is 38.5 Å². The number of hydrogen-bond acceptors (Lipinski definition) is 0. The van der Waals surface area contributed by atoms with E-state index in [0.29, 0.717) is 0 Å². The van der Waals surface area contributed by atoms with Gasteiger partial charge in [0.1, 0.15) is 0 Å². The fraction of sp³-hybridized carbons (Fsp3) is 1.00. The van der Waals surface area contributed by atoms with Crippen molar-refractivity contribution in [1.82, 2.24) is 0 Å². The summed E-state index contributed by atoms with van der Waals surface area (Å²) in [6.45, 7) is 9.33. The SMILES string of the molecule is CC(C)CCC[CH2][Al+][CH2]CCCC(C)C.[H-]. The summed E-state index contributed by atoms with van der Waals surface area (Å²) in [7, 11) is 0. The second-order valence-electron chi connectivity index (χ2n) is 5.65. The molecule has 0 rings (SSSR count). The molecule has 0 radical (unpaired) electrons. The van der Waals surface area contributed by atoms with E-state index in [1.807, 2.05) is 0 Å². The van der Waals surface area contributed by atoms with Crippen molar-refractivity contribution in [3.63, 3.8) is 0 Å². The van der Waals surface area contributed by atoms with Crippen molar-refractivity contribution in [2.24, 2.45) is 11.8 Å². The third-order valence-electron chi connectivity index (χ3n) is 2.88. The van der Waals surface area contributed by atoms with Crippen LogP contribution < -0.4 is 0 Å². The molecule has 0 aromatic heterocycles. The topological polar surface area (TPSA) is 0 Å². The van der Waals surface area contributed by atoms with Gasteiger partial charge < -0.3 is 1.43 Å². The van der Waals surface area contributed by atoms with Crippen LogP contribution in [0.4, 0.5) is 0 Å². The number of hydrogen-bond donors (Lipinski definition) is 0. The molecular formula is C14H31Al. The molecule has 0 atom stereocenters. The summed E-state index contributed by atoms with van der Waals surface area (Å²) in [4.78, 5) is 0. The number of unbranched alkanes of at least 4 members (excludes halogenated alkanes) is 2. The monoisotopic (exact) mass is 226 g/mol. The zero-order chi connectivity index (χ0) is 11.5. The molecule has 0 bridgehead atoms. The summed E-state index contributed by atoms with van der Waals surface area (Å²) in [5, 5.41) is 3.10. The second kappa shape index (κ2) is 11.0. The minimum absolute atomic E-state index is 0. The van der Waals surface area contributed by atoms with Crippen LogP contribution in [0.2, 0.25) is 10.6 Å². The Bertz CT molecular complexity index is 110. The first-order valence-corrected chi connectivity index (χ1v) is 8.58. The zero-order valence-corrected chi connectivity index (χ0v) is 12.5. The Morgan fingerprint density at radius 3 is 1.47 bits per heavy atom. The third kappa shape index (κ3) is 14.5. The Labute approximate surface area is 105 Å². The fourth-order valence-electron chi connectivity index (χ4n) is 1.83. The zero-order valence-electron chi connectivity index (χ0n) is 12.4. The Balaban J connectivity index is 0. The van der Waals surface area contributed by atoms with E-state index < -0.39 is 0 Å². The van der Waals surface area contributed by atoms with Gasteiger partial charge in [0.2, 0.25) is 0 Å². The fourth-order valence-corrected chi connectivity index (χ4v) is 3.27. The van der Waals surface area contributed by atoms with Gasteiger partial charge in [-0.05, 0) is 0 Å². The normalized spacial score (nSPS) is 11.1. The van der Waals surface area contributed by atoms with Gasteiger partial charge in [-0.25, -0.2) is 0 Å². The molecule has 0 amide bonds. The Hall–Kier alpha value is 0.532. The van der Waals surface area contributed by atoms with E-state index in [4.69, 9.17) is 0 Å². The summed E-state index contributed by atoms with van der Waals surface area (Å²) in [6.07, 6.45) is 8.81. The summed E-state index contributed by atoms with van der Waals surface area (Å²) < 4.78 is 0. The van der Waals surface area contributed by atoms with Crippen molar-refractivity contribution < 1.29 is 1.43 Å². The summed E-state index contributed by atoms with van der Waals surface area (Å²) in [5.74, 6) is 1.82. The van der Waals surface area contributed by atoms with Crippen molar-refractivity contribution in [2.45, 2.75) is 76.8 Å². The predicted octanol–water partition coefficient (Wildman–Crippen LogP) is 5.29. The molecule has 1 heteroatoms. The van der Waals surface area contributed by atoms with Gasteiger partial charge in [-0.3, -0.25) is 0 Å². The van der Waals surface area contributed by atoms with Crippen LogP contribution in [0.1, 0.15) is 67.6 Å². The van der Waals surface area contributed by atoms with Crippen LogP contribution in [0.15, 0.2) is 0 Å². The molecule has 0 fully saturated rings. The molecule has 0 heterocycles. The van der Waals surface area contributed by atoms with Crippen LogP contribution in [-0.4, -0.2) is 15.2 Å². The molecule has 0 aliphatic heterocycles. The number of rotatable bonds is 10. The van der Waals surface area contributed by atoms with E-state index >= 15 is 0 Å².